The smallest absolute Gasteiger partial charge is 0.330 e. The maximum atomic E-state index is 13.4. The first-order valence-corrected chi connectivity index (χ1v) is 19.8. The monoisotopic (exact) mass is 786 g/mol. The van der Waals surface area contributed by atoms with Crippen molar-refractivity contribution in [3.8, 4) is 11.5 Å². The highest BCUT2D eigenvalue weighted by molar-refractivity contribution is 7.86. The normalized spacial score (nSPS) is 19.8. The number of methoxy groups -OCH3 is 2. The van der Waals surface area contributed by atoms with Crippen LogP contribution in [-0.2, 0) is 40.7 Å². The third kappa shape index (κ3) is 8.36. The Morgan fingerprint density at radius 1 is 0.839 bits per heavy atom. The van der Waals surface area contributed by atoms with E-state index in [1.807, 2.05) is 109 Å². The molecule has 6 rings (SSSR count). The van der Waals surface area contributed by atoms with Crippen LogP contribution >= 0.6 is 0 Å². The largest absolute Gasteiger partial charge is 0.497 e. The predicted molar refractivity (Wildman–Crippen MR) is 208 cm³/mol. The van der Waals surface area contributed by atoms with Crippen LogP contribution in [0.15, 0.2) is 125 Å². The SMILES string of the molecule is COc1ccc(C(OC[C@@]2(COS(C)(=O)=O)O[C@@H](n3cc(C)c(=O)[nH]c3=O)C[C@@]2(CCO)OCc2ccccc2)(c2ccccc2)c2ccc(OC)cc2)cc1. The van der Waals surface area contributed by atoms with Crippen LogP contribution in [0.2, 0.25) is 0 Å². The van der Waals surface area contributed by atoms with Gasteiger partial charge in [0.2, 0.25) is 0 Å². The molecule has 4 aromatic carbocycles. The van der Waals surface area contributed by atoms with Crippen molar-refractivity contribution in [2.24, 2.45) is 0 Å². The molecule has 0 unspecified atom stereocenters. The highest BCUT2D eigenvalue weighted by atomic mass is 32.2. The van der Waals surface area contributed by atoms with E-state index in [9.17, 15) is 23.1 Å². The summed E-state index contributed by atoms with van der Waals surface area (Å²) in [6.07, 6.45) is 1.04. The van der Waals surface area contributed by atoms with Crippen molar-refractivity contribution in [3.63, 3.8) is 0 Å². The number of aryl methyl sites for hydroxylation is 1. The number of nitrogens with zero attached hydrogens (tertiary/aromatic N) is 1. The van der Waals surface area contributed by atoms with Gasteiger partial charge in [-0.1, -0.05) is 84.9 Å². The lowest BCUT2D eigenvalue weighted by Gasteiger charge is -2.46. The molecule has 0 saturated carbocycles. The van der Waals surface area contributed by atoms with E-state index in [1.165, 1.54) is 10.8 Å². The van der Waals surface area contributed by atoms with Gasteiger partial charge < -0.3 is 28.8 Å². The minimum absolute atomic E-state index is 0.0257. The predicted octanol–water partition coefficient (Wildman–Crippen LogP) is 4.84. The first-order chi connectivity index (χ1) is 26.9. The summed E-state index contributed by atoms with van der Waals surface area (Å²) in [6.45, 7) is 0.156. The molecular formula is C42H46N2O11S. The average molecular weight is 787 g/mol. The van der Waals surface area contributed by atoms with Gasteiger partial charge in [0, 0.05) is 31.2 Å². The molecule has 2 heterocycles. The maximum absolute atomic E-state index is 13.4. The Kier molecular flexibility index (Phi) is 12.3. The number of ether oxygens (including phenoxy) is 5. The van der Waals surface area contributed by atoms with E-state index in [2.05, 4.69) is 4.98 Å². The second kappa shape index (κ2) is 17.0. The molecule has 0 amide bonds. The van der Waals surface area contributed by atoms with E-state index in [0.29, 0.717) is 22.6 Å². The van der Waals surface area contributed by atoms with Gasteiger partial charge in [-0.2, -0.15) is 8.42 Å². The van der Waals surface area contributed by atoms with Gasteiger partial charge in [-0.3, -0.25) is 18.5 Å². The Hall–Kier alpha value is -5.09. The number of aliphatic hydroxyl groups is 1. The van der Waals surface area contributed by atoms with Crippen molar-refractivity contribution < 1.29 is 41.4 Å². The van der Waals surface area contributed by atoms with E-state index in [1.54, 1.807) is 21.1 Å². The maximum Gasteiger partial charge on any atom is 0.330 e. The van der Waals surface area contributed by atoms with Crippen LogP contribution in [-0.4, -0.2) is 74.6 Å². The molecule has 3 atom stereocenters. The average Bonchev–Trinajstić information content (AvgIpc) is 3.52. The Bertz CT molecular complexity index is 2250. The molecular weight excluding hydrogens is 741 g/mol. The fourth-order valence-electron chi connectivity index (χ4n) is 7.28. The molecule has 13 nitrogen and oxygen atoms in total. The van der Waals surface area contributed by atoms with Crippen molar-refractivity contribution in [3.05, 3.63) is 164 Å². The van der Waals surface area contributed by atoms with Crippen molar-refractivity contribution >= 4 is 10.1 Å². The number of aromatic nitrogens is 2. The third-order valence-corrected chi connectivity index (χ3v) is 10.8. The highest BCUT2D eigenvalue weighted by Crippen LogP contribution is 2.52. The van der Waals surface area contributed by atoms with Crippen LogP contribution in [0.5, 0.6) is 11.5 Å². The zero-order valence-corrected chi connectivity index (χ0v) is 32.5. The summed E-state index contributed by atoms with van der Waals surface area (Å²) in [6, 6.07) is 33.6. The van der Waals surface area contributed by atoms with Crippen molar-refractivity contribution in [2.45, 2.75) is 49.4 Å². The van der Waals surface area contributed by atoms with Gasteiger partial charge in [-0.25, -0.2) is 4.79 Å². The summed E-state index contributed by atoms with van der Waals surface area (Å²) in [5, 5.41) is 10.7. The lowest BCUT2D eigenvalue weighted by Crippen LogP contribution is -2.60. The number of hydrogen-bond donors (Lipinski definition) is 2. The molecule has 0 aliphatic carbocycles. The van der Waals surface area contributed by atoms with E-state index in [0.717, 1.165) is 17.4 Å². The summed E-state index contributed by atoms with van der Waals surface area (Å²) >= 11 is 0. The van der Waals surface area contributed by atoms with Gasteiger partial charge in [0.05, 0.1) is 33.7 Å². The fraction of sp³-hybridized carbons (Fsp3) is 0.333. The molecule has 0 spiro atoms. The zero-order chi connectivity index (χ0) is 40.0. The van der Waals surface area contributed by atoms with E-state index < -0.39 is 64.2 Å². The molecule has 14 heteroatoms. The topological polar surface area (TPSA) is 165 Å². The molecule has 5 aromatic rings. The molecule has 1 aromatic heterocycles. The number of benzene rings is 4. The van der Waals surface area contributed by atoms with Crippen LogP contribution in [0.4, 0.5) is 0 Å². The number of hydrogen-bond acceptors (Lipinski definition) is 11. The van der Waals surface area contributed by atoms with Crippen LogP contribution < -0.4 is 20.7 Å². The van der Waals surface area contributed by atoms with Gasteiger partial charge in [0.25, 0.3) is 15.7 Å². The van der Waals surface area contributed by atoms with E-state index in [-0.39, 0.29) is 25.0 Å². The Morgan fingerprint density at radius 2 is 1.39 bits per heavy atom. The Balaban J connectivity index is 1.59. The van der Waals surface area contributed by atoms with Gasteiger partial charge in [0.15, 0.2) is 0 Å². The molecule has 0 bridgehead atoms. The minimum Gasteiger partial charge on any atom is -0.497 e. The van der Waals surface area contributed by atoms with Crippen LogP contribution in [0.3, 0.4) is 0 Å². The van der Waals surface area contributed by atoms with Gasteiger partial charge in [0.1, 0.15) is 41.1 Å². The van der Waals surface area contributed by atoms with Crippen LogP contribution in [0.25, 0.3) is 0 Å². The molecule has 296 valence electrons. The fourth-order valence-corrected chi connectivity index (χ4v) is 7.68. The number of nitrogens with one attached hydrogen (secondary N) is 1. The second-order valence-corrected chi connectivity index (χ2v) is 15.4. The minimum atomic E-state index is -4.11. The van der Waals surface area contributed by atoms with Gasteiger partial charge in [-0.05, 0) is 53.4 Å². The summed E-state index contributed by atoms with van der Waals surface area (Å²) in [4.78, 5) is 28.2. The number of aromatic amines is 1. The Labute approximate surface area is 325 Å². The zero-order valence-electron chi connectivity index (χ0n) is 31.7. The molecule has 1 saturated heterocycles. The second-order valence-electron chi connectivity index (χ2n) is 13.8. The lowest BCUT2D eigenvalue weighted by molar-refractivity contribution is -0.224. The Morgan fingerprint density at radius 3 is 1.93 bits per heavy atom. The molecule has 2 N–H and O–H groups in total. The summed E-state index contributed by atoms with van der Waals surface area (Å²) in [5.41, 5.74) is -2.93. The quantitative estimate of drug-likeness (QED) is 0.0979. The number of H-pyrrole nitrogens is 1. The molecule has 1 fully saturated rings. The van der Waals surface area contributed by atoms with Crippen molar-refractivity contribution in [2.75, 3.05) is 40.3 Å². The summed E-state index contributed by atoms with van der Waals surface area (Å²) < 4.78 is 64.5. The van der Waals surface area contributed by atoms with Gasteiger partial charge in [-0.15, -0.1) is 0 Å². The van der Waals surface area contributed by atoms with Gasteiger partial charge >= 0.3 is 5.69 Å². The summed E-state index contributed by atoms with van der Waals surface area (Å²) in [7, 11) is -0.960. The van der Waals surface area contributed by atoms with E-state index in [4.69, 9.17) is 27.9 Å². The molecule has 0 radical (unpaired) electrons. The molecule has 56 heavy (non-hydrogen) atoms. The third-order valence-electron chi connectivity index (χ3n) is 10.2. The highest BCUT2D eigenvalue weighted by Gasteiger charge is 2.63. The van der Waals surface area contributed by atoms with E-state index >= 15 is 0 Å². The first-order valence-electron chi connectivity index (χ1n) is 18.0. The van der Waals surface area contributed by atoms with Crippen molar-refractivity contribution in [1.82, 2.24) is 9.55 Å². The van der Waals surface area contributed by atoms with Crippen molar-refractivity contribution in [1.29, 1.82) is 0 Å². The summed E-state index contributed by atoms with van der Waals surface area (Å²) in [5.74, 6) is 1.23. The standard InChI is InChI=1S/C42H46N2O11S/c1-30-26-44(39(47)43-38(30)46)37-25-40(23-24-45,52-27-31-11-7-5-8-12-31)41(55-37,29-54-56(4,48)49)28-53-42(32-13-9-6-10-14-32,33-15-19-35(50-2)20-16-33)34-17-21-36(51-3)22-18-34/h5-22,26,37,45H,23-25,27-29H2,1-4H3,(H,43,46,47)/t37-,40-,41+/m1/s1. The van der Waals surface area contributed by atoms with Crippen LogP contribution in [0.1, 0.15) is 46.9 Å². The van der Waals surface area contributed by atoms with Crippen LogP contribution in [0, 0.1) is 6.92 Å². The number of aliphatic hydroxyl groups excluding tert-OH is 1. The first kappa shape index (κ1) is 40.6. The lowest BCUT2D eigenvalue weighted by atomic mass is 9.78. The number of rotatable bonds is 17. The molecule has 1 aliphatic heterocycles. The molecule has 1 aliphatic rings.